The molecule has 0 aliphatic carbocycles. The Labute approximate surface area is 117 Å². The normalized spacial score (nSPS) is 13.2. The minimum Gasteiger partial charge on any atom is -0.480 e. The predicted octanol–water partition coefficient (Wildman–Crippen LogP) is 2.18. The number of halogens is 1. The van der Waals surface area contributed by atoms with Crippen LogP contribution in [-0.4, -0.2) is 25.5 Å². The Kier molecular flexibility index (Phi) is 5.34. The summed E-state index contributed by atoms with van der Waals surface area (Å²) in [6.45, 7) is 3.40. The molecule has 0 spiro atoms. The van der Waals surface area contributed by atoms with Gasteiger partial charge in [-0.1, -0.05) is 24.9 Å². The number of aryl methyl sites for hydroxylation is 1. The first kappa shape index (κ1) is 15.9. The van der Waals surface area contributed by atoms with Crippen LogP contribution in [0.4, 0.5) is 0 Å². The molecule has 0 radical (unpaired) electrons. The lowest BCUT2D eigenvalue weighted by Gasteiger charge is -2.15. The topological polar surface area (TPSA) is 83.5 Å². The first-order valence-corrected chi connectivity index (χ1v) is 7.65. The zero-order valence-electron chi connectivity index (χ0n) is 10.7. The van der Waals surface area contributed by atoms with E-state index in [9.17, 15) is 13.2 Å². The molecule has 0 aromatic heterocycles. The minimum absolute atomic E-state index is 0.0410. The third-order valence-corrected chi connectivity index (χ3v) is 4.47. The fourth-order valence-electron chi connectivity index (χ4n) is 1.69. The van der Waals surface area contributed by atoms with Crippen LogP contribution in [0.2, 0.25) is 5.02 Å². The average molecular weight is 306 g/mol. The predicted molar refractivity (Wildman–Crippen MR) is 72.8 cm³/mol. The van der Waals surface area contributed by atoms with Crippen molar-refractivity contribution in [1.29, 1.82) is 0 Å². The van der Waals surface area contributed by atoms with Gasteiger partial charge in [0.15, 0.2) is 0 Å². The first-order chi connectivity index (χ1) is 8.77. The molecule has 0 aliphatic heterocycles. The molecule has 19 heavy (non-hydrogen) atoms. The number of hydrogen-bond acceptors (Lipinski definition) is 3. The second-order valence-corrected chi connectivity index (χ2v) is 6.33. The van der Waals surface area contributed by atoms with Crippen LogP contribution in [0.3, 0.4) is 0 Å². The third kappa shape index (κ3) is 4.19. The Hall–Kier alpha value is -1.11. The Bertz CT molecular complexity index is 571. The molecular formula is C12H16ClNO4S. The maximum atomic E-state index is 12.1. The van der Waals surface area contributed by atoms with E-state index in [-0.39, 0.29) is 11.3 Å². The maximum absolute atomic E-state index is 12.1. The lowest BCUT2D eigenvalue weighted by atomic mass is 10.2. The molecular weight excluding hydrogens is 290 g/mol. The number of nitrogens with one attached hydrogen (secondary N) is 1. The van der Waals surface area contributed by atoms with Crippen molar-refractivity contribution in [3.63, 3.8) is 0 Å². The van der Waals surface area contributed by atoms with Gasteiger partial charge in [-0.05, 0) is 37.1 Å². The van der Waals surface area contributed by atoms with Crippen molar-refractivity contribution >= 4 is 27.6 Å². The van der Waals surface area contributed by atoms with Crippen LogP contribution in [-0.2, 0) is 14.8 Å². The van der Waals surface area contributed by atoms with Crippen LogP contribution in [0.1, 0.15) is 25.3 Å². The molecule has 1 rings (SSSR count). The van der Waals surface area contributed by atoms with Crippen LogP contribution < -0.4 is 4.72 Å². The second kappa shape index (κ2) is 6.36. The molecule has 1 aromatic carbocycles. The number of carbonyl (C=O) groups is 1. The van der Waals surface area contributed by atoms with E-state index in [4.69, 9.17) is 16.7 Å². The van der Waals surface area contributed by atoms with Gasteiger partial charge in [-0.25, -0.2) is 8.42 Å². The van der Waals surface area contributed by atoms with Crippen LogP contribution in [0.5, 0.6) is 0 Å². The Morgan fingerprint density at radius 1 is 1.47 bits per heavy atom. The first-order valence-electron chi connectivity index (χ1n) is 5.79. The Morgan fingerprint density at radius 3 is 2.58 bits per heavy atom. The van der Waals surface area contributed by atoms with Gasteiger partial charge in [-0.15, -0.1) is 0 Å². The summed E-state index contributed by atoms with van der Waals surface area (Å²) >= 11 is 5.76. The summed E-state index contributed by atoms with van der Waals surface area (Å²) in [5, 5.41) is 9.41. The number of rotatable bonds is 6. The highest BCUT2D eigenvalue weighted by molar-refractivity contribution is 7.89. The largest absolute Gasteiger partial charge is 0.480 e. The summed E-state index contributed by atoms with van der Waals surface area (Å²) in [5.41, 5.74) is 0.473. The minimum atomic E-state index is -3.86. The highest BCUT2D eigenvalue weighted by Gasteiger charge is 2.25. The van der Waals surface area contributed by atoms with Crippen LogP contribution in [0.25, 0.3) is 0 Å². The van der Waals surface area contributed by atoms with Crippen molar-refractivity contribution in [3.8, 4) is 0 Å². The smallest absolute Gasteiger partial charge is 0.321 e. The number of hydrogen-bond donors (Lipinski definition) is 2. The van der Waals surface area contributed by atoms with Crippen molar-refractivity contribution < 1.29 is 18.3 Å². The standard InChI is InChI=1S/C12H16ClNO4S/c1-3-4-10(12(15)16)14-19(17,18)11-6-5-9(13)7-8(11)2/h5-7,10,14H,3-4H2,1-2H3,(H,15,16). The summed E-state index contributed by atoms with van der Waals surface area (Å²) < 4.78 is 26.5. The lowest BCUT2D eigenvalue weighted by Crippen LogP contribution is -2.40. The molecule has 0 heterocycles. The monoisotopic (exact) mass is 305 g/mol. The van der Waals surface area contributed by atoms with Gasteiger partial charge in [-0.3, -0.25) is 4.79 Å². The number of sulfonamides is 1. The molecule has 7 heteroatoms. The fourth-order valence-corrected chi connectivity index (χ4v) is 3.36. The molecule has 1 atom stereocenters. The quantitative estimate of drug-likeness (QED) is 0.844. The van der Waals surface area contributed by atoms with Gasteiger partial charge < -0.3 is 5.11 Å². The highest BCUT2D eigenvalue weighted by atomic mass is 35.5. The Balaban J connectivity index is 3.06. The van der Waals surface area contributed by atoms with Crippen molar-refractivity contribution in [1.82, 2.24) is 4.72 Å². The maximum Gasteiger partial charge on any atom is 0.321 e. The van der Waals surface area contributed by atoms with E-state index in [1.807, 2.05) is 0 Å². The molecule has 1 aromatic rings. The Morgan fingerprint density at radius 2 is 2.11 bits per heavy atom. The zero-order chi connectivity index (χ0) is 14.6. The number of benzene rings is 1. The molecule has 0 bridgehead atoms. The van der Waals surface area contributed by atoms with E-state index < -0.39 is 22.0 Å². The summed E-state index contributed by atoms with van der Waals surface area (Å²) in [4.78, 5) is 11.0. The van der Waals surface area contributed by atoms with E-state index in [0.717, 1.165) is 0 Å². The molecule has 2 N–H and O–H groups in total. The van der Waals surface area contributed by atoms with Gasteiger partial charge >= 0.3 is 5.97 Å². The van der Waals surface area contributed by atoms with Crippen molar-refractivity contribution in [2.45, 2.75) is 37.6 Å². The van der Waals surface area contributed by atoms with Crippen LogP contribution in [0, 0.1) is 6.92 Å². The van der Waals surface area contributed by atoms with Gasteiger partial charge in [0.25, 0.3) is 0 Å². The fraction of sp³-hybridized carbons (Fsp3) is 0.417. The summed E-state index contributed by atoms with van der Waals surface area (Å²) in [7, 11) is -3.86. The van der Waals surface area contributed by atoms with E-state index in [1.165, 1.54) is 18.2 Å². The van der Waals surface area contributed by atoms with Gasteiger partial charge in [-0.2, -0.15) is 4.72 Å². The summed E-state index contributed by atoms with van der Waals surface area (Å²) in [6.07, 6.45) is 0.806. The van der Waals surface area contributed by atoms with Crippen LogP contribution in [0.15, 0.2) is 23.1 Å². The zero-order valence-corrected chi connectivity index (χ0v) is 12.3. The van der Waals surface area contributed by atoms with E-state index in [2.05, 4.69) is 4.72 Å². The van der Waals surface area contributed by atoms with Gasteiger partial charge in [0.1, 0.15) is 6.04 Å². The number of aliphatic carboxylic acids is 1. The molecule has 0 saturated carbocycles. The molecule has 0 amide bonds. The van der Waals surface area contributed by atoms with E-state index in [1.54, 1.807) is 13.8 Å². The van der Waals surface area contributed by atoms with Gasteiger partial charge in [0.2, 0.25) is 10.0 Å². The number of carboxylic acid groups (broad SMARTS) is 1. The van der Waals surface area contributed by atoms with Crippen molar-refractivity contribution in [2.24, 2.45) is 0 Å². The highest BCUT2D eigenvalue weighted by Crippen LogP contribution is 2.20. The summed E-state index contributed by atoms with van der Waals surface area (Å²) in [6, 6.07) is 3.22. The average Bonchev–Trinajstić information content (AvgIpc) is 2.27. The number of carboxylic acids is 1. The van der Waals surface area contributed by atoms with Gasteiger partial charge in [0, 0.05) is 5.02 Å². The molecule has 0 fully saturated rings. The van der Waals surface area contributed by atoms with E-state index >= 15 is 0 Å². The van der Waals surface area contributed by atoms with Crippen molar-refractivity contribution in [3.05, 3.63) is 28.8 Å². The van der Waals surface area contributed by atoms with E-state index in [0.29, 0.717) is 17.0 Å². The molecule has 0 saturated heterocycles. The molecule has 106 valence electrons. The molecule has 0 aliphatic rings. The molecule has 5 nitrogen and oxygen atoms in total. The third-order valence-electron chi connectivity index (χ3n) is 2.60. The SMILES string of the molecule is CCCC(NS(=O)(=O)c1ccc(Cl)cc1C)C(=O)O. The van der Waals surface area contributed by atoms with Crippen molar-refractivity contribution in [2.75, 3.05) is 0 Å². The lowest BCUT2D eigenvalue weighted by molar-refractivity contribution is -0.139. The second-order valence-electron chi connectivity index (χ2n) is 4.21. The summed E-state index contributed by atoms with van der Waals surface area (Å²) in [5.74, 6) is -1.18. The van der Waals surface area contributed by atoms with Crippen LogP contribution >= 0.6 is 11.6 Å². The van der Waals surface area contributed by atoms with Gasteiger partial charge in [0.05, 0.1) is 4.90 Å². The molecule has 1 unspecified atom stereocenters.